The van der Waals surface area contributed by atoms with Crippen molar-refractivity contribution in [2.45, 2.75) is 26.8 Å². The maximum Gasteiger partial charge on any atom is 0.175 e. The third-order valence-corrected chi connectivity index (χ3v) is 3.41. The van der Waals surface area contributed by atoms with Gasteiger partial charge in [0.15, 0.2) is 5.65 Å². The van der Waals surface area contributed by atoms with Gasteiger partial charge in [0.1, 0.15) is 29.6 Å². The summed E-state index contributed by atoms with van der Waals surface area (Å²) in [5, 5.41) is 24.7. The van der Waals surface area contributed by atoms with Gasteiger partial charge in [0.2, 0.25) is 0 Å². The van der Waals surface area contributed by atoms with E-state index in [1.807, 2.05) is 17.6 Å². The Bertz CT molecular complexity index is 838. The average Bonchev–Trinajstić information content (AvgIpc) is 3.13. The quantitative estimate of drug-likeness (QED) is 0.759. The van der Waals surface area contributed by atoms with Gasteiger partial charge in [-0.25, -0.2) is 4.98 Å². The number of hydrogen-bond acceptors (Lipinski definition) is 6. The first-order valence-electron chi connectivity index (χ1n) is 7.09. The Morgan fingerprint density at radius 3 is 3.05 bits per heavy atom. The van der Waals surface area contributed by atoms with E-state index in [0.717, 1.165) is 30.3 Å². The van der Waals surface area contributed by atoms with Gasteiger partial charge in [0.05, 0.1) is 6.20 Å². The molecule has 0 atom stereocenters. The monoisotopic (exact) mass is 296 g/mol. The highest BCUT2D eigenvalue weighted by atomic mass is 15.3. The predicted molar refractivity (Wildman–Crippen MR) is 80.3 cm³/mol. The van der Waals surface area contributed by atoms with Crippen molar-refractivity contribution in [2.24, 2.45) is 0 Å². The van der Waals surface area contributed by atoms with Crippen molar-refractivity contribution >= 4 is 11.5 Å². The number of rotatable bonds is 5. The van der Waals surface area contributed by atoms with Crippen LogP contribution in [0.4, 0.5) is 5.82 Å². The molecule has 3 rings (SSSR count). The molecule has 0 unspecified atom stereocenters. The molecule has 0 radical (unpaired) electrons. The molecule has 0 amide bonds. The summed E-state index contributed by atoms with van der Waals surface area (Å²) in [4.78, 5) is 4.36. The first-order valence-corrected chi connectivity index (χ1v) is 7.09. The van der Waals surface area contributed by atoms with Gasteiger partial charge < -0.3 is 9.88 Å². The van der Waals surface area contributed by atoms with Crippen molar-refractivity contribution in [3.05, 3.63) is 35.7 Å². The van der Waals surface area contributed by atoms with Crippen molar-refractivity contribution in [3.8, 4) is 6.07 Å². The molecule has 0 saturated carbocycles. The van der Waals surface area contributed by atoms with Crippen LogP contribution in [0.2, 0.25) is 0 Å². The van der Waals surface area contributed by atoms with E-state index >= 15 is 0 Å². The summed E-state index contributed by atoms with van der Waals surface area (Å²) in [7, 11) is 0. The number of aromatic nitrogens is 6. The fourth-order valence-corrected chi connectivity index (χ4v) is 2.33. The third-order valence-electron chi connectivity index (χ3n) is 3.41. The Balaban J connectivity index is 1.79. The van der Waals surface area contributed by atoms with Crippen LogP contribution in [0.15, 0.2) is 18.6 Å². The van der Waals surface area contributed by atoms with E-state index in [4.69, 9.17) is 5.26 Å². The number of hydrogen-bond donors (Lipinski definition) is 1. The highest BCUT2D eigenvalue weighted by Gasteiger charge is 2.10. The van der Waals surface area contributed by atoms with E-state index in [1.165, 1.54) is 6.20 Å². The summed E-state index contributed by atoms with van der Waals surface area (Å²) in [6, 6.07) is 4.01. The van der Waals surface area contributed by atoms with Crippen molar-refractivity contribution in [1.82, 2.24) is 29.4 Å². The second-order valence-corrected chi connectivity index (χ2v) is 4.90. The number of aryl methyl sites for hydroxylation is 2. The number of nitrogens with zero attached hydrogens (tertiary/aromatic N) is 7. The van der Waals surface area contributed by atoms with Crippen LogP contribution >= 0.6 is 0 Å². The van der Waals surface area contributed by atoms with Crippen molar-refractivity contribution in [2.75, 3.05) is 11.9 Å². The molecule has 0 aliphatic rings. The number of nitrogens with one attached hydrogen (secondary N) is 1. The average molecular weight is 296 g/mol. The summed E-state index contributed by atoms with van der Waals surface area (Å²) in [6.07, 6.45) is 4.01. The molecule has 8 nitrogen and oxygen atoms in total. The minimum atomic E-state index is 0.470. The fraction of sp³-hybridized carbons (Fsp3) is 0.357. The van der Waals surface area contributed by atoms with Crippen LogP contribution in [0.5, 0.6) is 0 Å². The molecule has 3 aromatic heterocycles. The van der Waals surface area contributed by atoms with E-state index in [2.05, 4.69) is 38.6 Å². The van der Waals surface area contributed by atoms with Crippen LogP contribution in [0, 0.1) is 18.3 Å². The lowest BCUT2D eigenvalue weighted by molar-refractivity contribution is 0.697. The molecule has 112 valence electrons. The molecule has 1 N–H and O–H groups in total. The summed E-state index contributed by atoms with van der Waals surface area (Å²) >= 11 is 0. The lowest BCUT2D eigenvalue weighted by atomic mass is 10.3. The Morgan fingerprint density at radius 1 is 1.41 bits per heavy atom. The van der Waals surface area contributed by atoms with Crippen molar-refractivity contribution < 1.29 is 0 Å². The molecule has 0 saturated heterocycles. The van der Waals surface area contributed by atoms with Gasteiger partial charge in [0.25, 0.3) is 0 Å². The van der Waals surface area contributed by atoms with E-state index < -0.39 is 0 Å². The summed E-state index contributed by atoms with van der Waals surface area (Å²) in [5.41, 5.74) is 1.88. The normalized spacial score (nSPS) is 10.8. The highest BCUT2D eigenvalue weighted by molar-refractivity contribution is 5.58. The predicted octanol–water partition coefficient (Wildman–Crippen LogP) is 1.18. The van der Waals surface area contributed by atoms with Crippen LogP contribution in [-0.4, -0.2) is 35.9 Å². The van der Waals surface area contributed by atoms with Crippen LogP contribution in [0.1, 0.15) is 24.0 Å². The van der Waals surface area contributed by atoms with Crippen LogP contribution < -0.4 is 5.32 Å². The maximum atomic E-state index is 9.08. The minimum Gasteiger partial charge on any atom is -0.369 e. The zero-order valence-electron chi connectivity index (χ0n) is 12.5. The summed E-state index contributed by atoms with van der Waals surface area (Å²) in [5.74, 6) is 1.75. The number of anilines is 1. The van der Waals surface area contributed by atoms with Crippen LogP contribution in [0.3, 0.4) is 0 Å². The van der Waals surface area contributed by atoms with E-state index in [1.54, 1.807) is 10.8 Å². The molecular formula is C14H16N8. The van der Waals surface area contributed by atoms with Crippen molar-refractivity contribution in [1.29, 1.82) is 5.26 Å². The molecule has 22 heavy (non-hydrogen) atoms. The van der Waals surface area contributed by atoms with E-state index in [-0.39, 0.29) is 0 Å². The molecule has 0 bridgehead atoms. The standard InChI is InChI=1S/C14H16N8/c1-3-21-9-17-20-12(21)4-5-16-13-6-10(2)19-14-11(7-15)8-18-22(13)14/h6,8-9,16H,3-5H2,1-2H3. The Labute approximate surface area is 127 Å². The van der Waals surface area contributed by atoms with Gasteiger partial charge in [-0.2, -0.15) is 14.9 Å². The first-order chi connectivity index (χ1) is 10.7. The summed E-state index contributed by atoms with van der Waals surface area (Å²) in [6.45, 7) is 5.50. The topological polar surface area (TPSA) is 96.7 Å². The minimum absolute atomic E-state index is 0.470. The molecule has 0 fully saturated rings. The maximum absolute atomic E-state index is 9.08. The molecular weight excluding hydrogens is 280 g/mol. The van der Waals surface area contributed by atoms with Gasteiger partial charge in [-0.3, -0.25) is 0 Å². The van der Waals surface area contributed by atoms with Gasteiger partial charge in [-0.1, -0.05) is 0 Å². The van der Waals surface area contributed by atoms with E-state index in [0.29, 0.717) is 17.8 Å². The first kappa shape index (κ1) is 14.0. The Hall–Kier alpha value is -2.95. The largest absolute Gasteiger partial charge is 0.369 e. The smallest absolute Gasteiger partial charge is 0.175 e. The number of fused-ring (bicyclic) bond motifs is 1. The SMILES string of the molecule is CCn1cnnc1CCNc1cc(C)nc2c(C#N)cnn12. The molecule has 3 aromatic rings. The van der Waals surface area contributed by atoms with E-state index in [9.17, 15) is 0 Å². The lowest BCUT2D eigenvalue weighted by Gasteiger charge is -2.09. The van der Waals surface area contributed by atoms with Gasteiger partial charge in [-0.15, -0.1) is 10.2 Å². The Kier molecular flexibility index (Phi) is 3.70. The van der Waals surface area contributed by atoms with Crippen LogP contribution in [0.25, 0.3) is 5.65 Å². The molecule has 8 heteroatoms. The third kappa shape index (κ3) is 2.48. The van der Waals surface area contributed by atoms with Crippen molar-refractivity contribution in [3.63, 3.8) is 0 Å². The molecule has 3 heterocycles. The van der Waals surface area contributed by atoms with Gasteiger partial charge >= 0.3 is 0 Å². The zero-order valence-corrected chi connectivity index (χ0v) is 12.5. The second kappa shape index (κ2) is 5.81. The highest BCUT2D eigenvalue weighted by Crippen LogP contribution is 2.15. The summed E-state index contributed by atoms with van der Waals surface area (Å²) < 4.78 is 3.66. The zero-order chi connectivity index (χ0) is 15.5. The molecule has 0 aliphatic heterocycles. The second-order valence-electron chi connectivity index (χ2n) is 4.90. The molecule has 0 aliphatic carbocycles. The van der Waals surface area contributed by atoms with Gasteiger partial charge in [-0.05, 0) is 13.8 Å². The lowest BCUT2D eigenvalue weighted by Crippen LogP contribution is -2.12. The number of nitriles is 1. The molecule has 0 aromatic carbocycles. The fourth-order valence-electron chi connectivity index (χ4n) is 2.33. The Morgan fingerprint density at radius 2 is 2.27 bits per heavy atom. The molecule has 0 spiro atoms. The van der Waals surface area contributed by atoms with Crippen LogP contribution in [-0.2, 0) is 13.0 Å². The van der Waals surface area contributed by atoms with Gasteiger partial charge in [0, 0.05) is 31.3 Å².